The van der Waals surface area contributed by atoms with Crippen LogP contribution >= 0.6 is 0 Å². The van der Waals surface area contributed by atoms with Crippen LogP contribution in [-0.4, -0.2) is 24.1 Å². The fraction of sp³-hybridized carbons (Fsp3) is 0.312. The Labute approximate surface area is 127 Å². The SMILES string of the molecule is Cn1cnn(Cc2nn(-c3ccccc3)c3c2CCC3)c1=O. The van der Waals surface area contributed by atoms with Gasteiger partial charge in [-0.1, -0.05) is 18.2 Å². The average Bonchev–Trinajstić information content (AvgIpc) is 3.21. The van der Waals surface area contributed by atoms with Crippen LogP contribution in [0, 0.1) is 0 Å². The van der Waals surface area contributed by atoms with Gasteiger partial charge in [-0.3, -0.25) is 4.57 Å². The molecule has 0 aliphatic heterocycles. The Kier molecular flexibility index (Phi) is 2.96. The van der Waals surface area contributed by atoms with Crippen molar-refractivity contribution in [3.8, 4) is 5.69 Å². The molecule has 2 aromatic heterocycles. The molecular weight excluding hydrogens is 278 g/mol. The number of aryl methyl sites for hydroxylation is 1. The minimum Gasteiger partial charge on any atom is -0.285 e. The van der Waals surface area contributed by atoms with Gasteiger partial charge in [0.25, 0.3) is 0 Å². The van der Waals surface area contributed by atoms with Crippen molar-refractivity contribution in [2.24, 2.45) is 7.05 Å². The maximum Gasteiger partial charge on any atom is 0.345 e. The summed E-state index contributed by atoms with van der Waals surface area (Å²) in [6, 6.07) is 10.1. The molecule has 0 saturated heterocycles. The number of nitrogens with zero attached hydrogens (tertiary/aromatic N) is 5. The second kappa shape index (κ2) is 4.98. The summed E-state index contributed by atoms with van der Waals surface area (Å²) in [6.07, 6.45) is 4.74. The Morgan fingerprint density at radius 1 is 1.18 bits per heavy atom. The van der Waals surface area contributed by atoms with Gasteiger partial charge in [0, 0.05) is 12.7 Å². The quantitative estimate of drug-likeness (QED) is 0.732. The summed E-state index contributed by atoms with van der Waals surface area (Å²) in [5.41, 5.74) is 4.46. The van der Waals surface area contributed by atoms with Gasteiger partial charge in [-0.2, -0.15) is 10.2 Å². The zero-order chi connectivity index (χ0) is 15.1. The van der Waals surface area contributed by atoms with Crippen LogP contribution in [0.15, 0.2) is 41.5 Å². The number of aromatic nitrogens is 5. The molecule has 6 heteroatoms. The number of rotatable bonds is 3. The van der Waals surface area contributed by atoms with Crippen LogP contribution in [-0.2, 0) is 26.4 Å². The van der Waals surface area contributed by atoms with Crippen molar-refractivity contribution >= 4 is 0 Å². The number of hydrogen-bond donors (Lipinski definition) is 0. The molecule has 1 aliphatic carbocycles. The first kappa shape index (κ1) is 13.1. The third-order valence-electron chi connectivity index (χ3n) is 4.20. The molecule has 0 unspecified atom stereocenters. The van der Waals surface area contributed by atoms with Gasteiger partial charge in [-0.15, -0.1) is 0 Å². The van der Waals surface area contributed by atoms with Crippen LogP contribution in [0.4, 0.5) is 0 Å². The van der Waals surface area contributed by atoms with Gasteiger partial charge in [0.1, 0.15) is 6.33 Å². The Bertz CT molecular complexity index is 872. The molecule has 0 amide bonds. The molecule has 0 fully saturated rings. The standard InChI is InChI=1S/C16H17N5O/c1-19-11-17-20(16(19)22)10-14-13-8-5-9-15(13)21(18-14)12-6-3-2-4-7-12/h2-4,6-7,11H,5,8-10H2,1H3. The van der Waals surface area contributed by atoms with E-state index in [0.717, 1.165) is 30.6 Å². The van der Waals surface area contributed by atoms with Crippen molar-refractivity contribution < 1.29 is 0 Å². The molecule has 1 aromatic carbocycles. The summed E-state index contributed by atoms with van der Waals surface area (Å²) >= 11 is 0. The van der Waals surface area contributed by atoms with Crippen molar-refractivity contribution in [2.45, 2.75) is 25.8 Å². The largest absolute Gasteiger partial charge is 0.345 e. The van der Waals surface area contributed by atoms with E-state index in [4.69, 9.17) is 5.10 Å². The molecule has 112 valence electrons. The molecule has 0 atom stereocenters. The monoisotopic (exact) mass is 295 g/mol. The van der Waals surface area contributed by atoms with E-state index in [1.807, 2.05) is 22.9 Å². The van der Waals surface area contributed by atoms with Crippen LogP contribution < -0.4 is 5.69 Å². The van der Waals surface area contributed by atoms with E-state index in [9.17, 15) is 4.79 Å². The van der Waals surface area contributed by atoms with Gasteiger partial charge in [-0.25, -0.2) is 14.2 Å². The molecule has 22 heavy (non-hydrogen) atoms. The Hall–Kier alpha value is -2.63. The van der Waals surface area contributed by atoms with Crippen LogP contribution in [0.25, 0.3) is 5.69 Å². The third kappa shape index (κ3) is 1.99. The van der Waals surface area contributed by atoms with Crippen LogP contribution in [0.5, 0.6) is 0 Å². The van der Waals surface area contributed by atoms with Gasteiger partial charge >= 0.3 is 5.69 Å². The van der Waals surface area contributed by atoms with Crippen molar-refractivity contribution in [2.75, 3.05) is 0 Å². The van der Waals surface area contributed by atoms with E-state index in [2.05, 4.69) is 17.2 Å². The number of para-hydroxylation sites is 1. The highest BCUT2D eigenvalue weighted by molar-refractivity contribution is 5.39. The highest BCUT2D eigenvalue weighted by atomic mass is 16.2. The van der Waals surface area contributed by atoms with E-state index < -0.39 is 0 Å². The van der Waals surface area contributed by atoms with Gasteiger partial charge in [0.05, 0.1) is 17.9 Å². The Morgan fingerprint density at radius 2 is 2.00 bits per heavy atom. The molecule has 3 aromatic rings. The van der Waals surface area contributed by atoms with E-state index in [1.165, 1.54) is 26.8 Å². The number of hydrogen-bond acceptors (Lipinski definition) is 3. The Balaban J connectivity index is 1.78. The van der Waals surface area contributed by atoms with Crippen molar-refractivity contribution in [1.82, 2.24) is 24.1 Å². The topological polar surface area (TPSA) is 57.6 Å². The summed E-state index contributed by atoms with van der Waals surface area (Å²) in [5, 5.41) is 8.89. The lowest BCUT2D eigenvalue weighted by molar-refractivity contribution is 0.621. The molecule has 0 spiro atoms. The summed E-state index contributed by atoms with van der Waals surface area (Å²) in [4.78, 5) is 12.0. The van der Waals surface area contributed by atoms with Gasteiger partial charge in [-0.05, 0) is 37.0 Å². The second-order valence-corrected chi connectivity index (χ2v) is 5.65. The van der Waals surface area contributed by atoms with Crippen molar-refractivity contribution in [1.29, 1.82) is 0 Å². The van der Waals surface area contributed by atoms with Crippen molar-refractivity contribution in [3.63, 3.8) is 0 Å². The van der Waals surface area contributed by atoms with E-state index in [0.29, 0.717) is 6.54 Å². The van der Waals surface area contributed by atoms with E-state index >= 15 is 0 Å². The second-order valence-electron chi connectivity index (χ2n) is 5.65. The van der Waals surface area contributed by atoms with Gasteiger partial charge in [0.15, 0.2) is 0 Å². The van der Waals surface area contributed by atoms with Gasteiger partial charge in [0.2, 0.25) is 0 Å². The number of fused-ring (bicyclic) bond motifs is 1. The summed E-state index contributed by atoms with van der Waals surface area (Å²) in [5.74, 6) is 0. The first-order valence-corrected chi connectivity index (χ1v) is 7.47. The molecule has 1 aliphatic rings. The molecular formula is C16H17N5O. The average molecular weight is 295 g/mol. The predicted octanol–water partition coefficient (Wildman–Crippen LogP) is 1.30. The molecule has 0 saturated carbocycles. The van der Waals surface area contributed by atoms with Gasteiger partial charge < -0.3 is 0 Å². The first-order valence-electron chi connectivity index (χ1n) is 7.47. The van der Waals surface area contributed by atoms with Crippen LogP contribution in [0.3, 0.4) is 0 Å². The predicted molar refractivity (Wildman–Crippen MR) is 82.2 cm³/mol. The maximum absolute atomic E-state index is 12.0. The fourth-order valence-electron chi connectivity index (χ4n) is 3.09. The lowest BCUT2D eigenvalue weighted by atomic mass is 10.2. The van der Waals surface area contributed by atoms with Crippen LogP contribution in [0.2, 0.25) is 0 Å². The molecule has 2 heterocycles. The summed E-state index contributed by atoms with van der Waals surface area (Å²) in [7, 11) is 1.71. The molecule has 0 radical (unpaired) electrons. The van der Waals surface area contributed by atoms with Crippen LogP contribution in [0.1, 0.15) is 23.4 Å². The molecule has 6 nitrogen and oxygen atoms in total. The molecule has 0 bridgehead atoms. The lowest BCUT2D eigenvalue weighted by Crippen LogP contribution is -2.24. The van der Waals surface area contributed by atoms with E-state index in [1.54, 1.807) is 7.05 Å². The Morgan fingerprint density at radius 3 is 2.73 bits per heavy atom. The highest BCUT2D eigenvalue weighted by Crippen LogP contribution is 2.27. The molecule has 0 N–H and O–H groups in total. The maximum atomic E-state index is 12.0. The fourth-order valence-corrected chi connectivity index (χ4v) is 3.09. The minimum absolute atomic E-state index is 0.110. The summed E-state index contributed by atoms with van der Waals surface area (Å²) in [6.45, 7) is 0.432. The molecule has 4 rings (SSSR count). The lowest BCUT2D eigenvalue weighted by Gasteiger charge is -2.04. The zero-order valence-corrected chi connectivity index (χ0v) is 12.4. The highest BCUT2D eigenvalue weighted by Gasteiger charge is 2.23. The number of benzene rings is 1. The smallest absolute Gasteiger partial charge is 0.285 e. The zero-order valence-electron chi connectivity index (χ0n) is 12.4. The van der Waals surface area contributed by atoms with Crippen molar-refractivity contribution in [3.05, 3.63) is 64.1 Å². The minimum atomic E-state index is -0.110. The third-order valence-corrected chi connectivity index (χ3v) is 4.20. The normalized spacial score (nSPS) is 13.5. The van der Waals surface area contributed by atoms with E-state index in [-0.39, 0.29) is 5.69 Å². The summed E-state index contributed by atoms with van der Waals surface area (Å²) < 4.78 is 4.97. The first-order chi connectivity index (χ1) is 10.7.